The van der Waals surface area contributed by atoms with Crippen LogP contribution in [-0.2, 0) is 11.8 Å². The molecule has 156 valence electrons. The largest absolute Gasteiger partial charge is 0.497 e. The molecule has 1 aromatic heterocycles. The summed E-state index contributed by atoms with van der Waals surface area (Å²) in [6, 6.07) is 6.86. The minimum atomic E-state index is -0.495. The van der Waals surface area contributed by atoms with Gasteiger partial charge >= 0.3 is 5.97 Å². The number of rotatable bonds is 8. The van der Waals surface area contributed by atoms with Gasteiger partial charge in [0.2, 0.25) is 0 Å². The normalized spacial score (nSPS) is 10.6. The summed E-state index contributed by atoms with van der Waals surface area (Å²) in [7, 11) is 4.56. The van der Waals surface area contributed by atoms with Gasteiger partial charge in [-0.05, 0) is 44.0 Å². The maximum Gasteiger partial charge on any atom is 0.354 e. The van der Waals surface area contributed by atoms with Gasteiger partial charge in [0.05, 0.1) is 20.8 Å². The summed E-state index contributed by atoms with van der Waals surface area (Å²) >= 11 is 0. The molecule has 0 radical (unpaired) electrons. The zero-order valence-corrected chi connectivity index (χ0v) is 17.9. The highest BCUT2D eigenvalue weighted by atomic mass is 16.5. The third-order valence-corrected chi connectivity index (χ3v) is 5.02. The van der Waals surface area contributed by atoms with Crippen molar-refractivity contribution in [2.45, 2.75) is 27.2 Å². The number of aromatic nitrogens is 1. The lowest BCUT2D eigenvalue weighted by atomic mass is 10.0. The molecule has 0 atom stereocenters. The smallest absolute Gasteiger partial charge is 0.354 e. The number of carbonyl (C=O) groups is 3. The fraction of sp³-hybridized carbons (Fsp3) is 0.409. The van der Waals surface area contributed by atoms with Gasteiger partial charge in [0, 0.05) is 30.4 Å². The first kappa shape index (κ1) is 22.2. The number of benzene rings is 1. The van der Waals surface area contributed by atoms with Crippen LogP contribution in [0.4, 0.5) is 0 Å². The van der Waals surface area contributed by atoms with Gasteiger partial charge in [0.25, 0.3) is 5.91 Å². The summed E-state index contributed by atoms with van der Waals surface area (Å²) < 4.78 is 11.7. The van der Waals surface area contributed by atoms with Gasteiger partial charge in [0.1, 0.15) is 11.4 Å². The number of amides is 1. The lowest BCUT2D eigenvalue weighted by Crippen LogP contribution is -2.36. The fourth-order valence-electron chi connectivity index (χ4n) is 3.49. The van der Waals surface area contributed by atoms with E-state index in [1.165, 1.54) is 19.1 Å². The molecule has 1 heterocycles. The number of carbonyl (C=O) groups excluding carboxylic acids is 3. The second-order valence-electron chi connectivity index (χ2n) is 6.87. The summed E-state index contributed by atoms with van der Waals surface area (Å²) in [6.45, 7) is 5.82. The van der Waals surface area contributed by atoms with Crippen LogP contribution in [0.3, 0.4) is 0 Å². The van der Waals surface area contributed by atoms with Crippen molar-refractivity contribution in [2.75, 3.05) is 27.3 Å². The van der Waals surface area contributed by atoms with Crippen molar-refractivity contribution in [3.63, 3.8) is 0 Å². The van der Waals surface area contributed by atoms with Gasteiger partial charge < -0.3 is 18.9 Å². The van der Waals surface area contributed by atoms with Crippen molar-refractivity contribution in [1.82, 2.24) is 9.47 Å². The van der Waals surface area contributed by atoms with E-state index in [9.17, 15) is 14.4 Å². The highest BCUT2D eigenvalue weighted by Gasteiger charge is 2.27. The topological polar surface area (TPSA) is 77.8 Å². The summed E-state index contributed by atoms with van der Waals surface area (Å²) in [5.41, 5.74) is 2.48. The van der Waals surface area contributed by atoms with E-state index in [1.54, 1.807) is 49.7 Å². The fourth-order valence-corrected chi connectivity index (χ4v) is 3.49. The summed E-state index contributed by atoms with van der Waals surface area (Å²) in [5, 5.41) is 0. The van der Waals surface area contributed by atoms with Crippen molar-refractivity contribution in [2.24, 2.45) is 7.05 Å². The lowest BCUT2D eigenvalue weighted by molar-refractivity contribution is 0.0588. The molecule has 0 saturated carbocycles. The number of esters is 1. The minimum absolute atomic E-state index is 0.0732. The predicted molar refractivity (Wildman–Crippen MR) is 110 cm³/mol. The van der Waals surface area contributed by atoms with Gasteiger partial charge in [-0.25, -0.2) is 4.79 Å². The maximum absolute atomic E-state index is 13.1. The monoisotopic (exact) mass is 400 g/mol. The molecule has 1 amide bonds. The predicted octanol–water partition coefficient (Wildman–Crippen LogP) is 3.17. The van der Waals surface area contributed by atoms with Crippen LogP contribution in [-0.4, -0.2) is 54.4 Å². The van der Waals surface area contributed by atoms with Crippen LogP contribution in [0.25, 0.3) is 0 Å². The summed E-state index contributed by atoms with van der Waals surface area (Å²) in [5.74, 6) is -0.366. The van der Waals surface area contributed by atoms with E-state index in [1.807, 2.05) is 6.92 Å². The molecule has 0 aliphatic heterocycles. The van der Waals surface area contributed by atoms with E-state index >= 15 is 0 Å². The number of nitrogens with zero attached hydrogens (tertiary/aromatic N) is 2. The molecule has 0 saturated heterocycles. The van der Waals surface area contributed by atoms with Gasteiger partial charge in [-0.3, -0.25) is 9.59 Å². The highest BCUT2D eigenvalue weighted by Crippen LogP contribution is 2.23. The van der Waals surface area contributed by atoms with Gasteiger partial charge in [-0.2, -0.15) is 0 Å². The van der Waals surface area contributed by atoms with Gasteiger partial charge in [-0.15, -0.1) is 0 Å². The zero-order valence-electron chi connectivity index (χ0n) is 17.9. The number of hydrogen-bond donors (Lipinski definition) is 0. The standard InChI is InChI=1S/C22H28N2O5/c1-7-11-24(21(26)16-9-8-10-17(12-16)28-5)13-18(25)19-14(2)20(22(27)29-6)23(4)15(19)3/h8-10,12H,7,11,13H2,1-6H3. The maximum atomic E-state index is 13.1. The molecule has 0 N–H and O–H groups in total. The van der Waals surface area contributed by atoms with E-state index in [2.05, 4.69) is 0 Å². The van der Waals surface area contributed by atoms with Crippen LogP contribution in [0, 0.1) is 13.8 Å². The first-order valence-corrected chi connectivity index (χ1v) is 9.47. The van der Waals surface area contributed by atoms with E-state index in [-0.39, 0.29) is 18.2 Å². The summed E-state index contributed by atoms with van der Waals surface area (Å²) in [6.07, 6.45) is 0.711. The molecule has 0 aliphatic carbocycles. The Labute approximate surface area is 171 Å². The Morgan fingerprint density at radius 1 is 1.14 bits per heavy atom. The molecule has 0 aliphatic rings. The lowest BCUT2D eigenvalue weighted by Gasteiger charge is -2.22. The van der Waals surface area contributed by atoms with Crippen molar-refractivity contribution >= 4 is 17.7 Å². The van der Waals surface area contributed by atoms with E-state index in [0.29, 0.717) is 46.8 Å². The van der Waals surface area contributed by atoms with Crippen molar-refractivity contribution in [3.8, 4) is 5.75 Å². The number of Topliss-reactive ketones (excluding diaryl/α,β-unsaturated/α-hetero) is 1. The number of ether oxygens (including phenoxy) is 2. The first-order chi connectivity index (χ1) is 13.8. The molecule has 2 aromatic rings. The summed E-state index contributed by atoms with van der Waals surface area (Å²) in [4.78, 5) is 39.7. The molecular weight excluding hydrogens is 372 g/mol. The SMILES string of the molecule is CCCN(CC(=O)c1c(C)c(C(=O)OC)n(C)c1C)C(=O)c1cccc(OC)c1. The Kier molecular flexibility index (Phi) is 7.20. The van der Waals surface area contributed by atoms with Crippen LogP contribution in [0.15, 0.2) is 24.3 Å². The average molecular weight is 400 g/mol. The second kappa shape index (κ2) is 9.41. The number of hydrogen-bond acceptors (Lipinski definition) is 5. The Hall–Kier alpha value is -3.09. The molecule has 0 bridgehead atoms. The second-order valence-corrected chi connectivity index (χ2v) is 6.87. The molecule has 7 heteroatoms. The van der Waals surface area contributed by atoms with E-state index in [0.717, 1.165) is 0 Å². The van der Waals surface area contributed by atoms with Crippen molar-refractivity contribution < 1.29 is 23.9 Å². The van der Waals surface area contributed by atoms with Crippen LogP contribution in [0.5, 0.6) is 5.75 Å². The van der Waals surface area contributed by atoms with Crippen LogP contribution < -0.4 is 4.74 Å². The number of methoxy groups -OCH3 is 2. The van der Waals surface area contributed by atoms with Gasteiger partial charge in [-0.1, -0.05) is 13.0 Å². The first-order valence-electron chi connectivity index (χ1n) is 9.47. The molecule has 0 spiro atoms. The van der Waals surface area contributed by atoms with Crippen molar-refractivity contribution in [1.29, 1.82) is 0 Å². The number of ketones is 1. The molecule has 0 unspecified atom stereocenters. The Morgan fingerprint density at radius 2 is 1.83 bits per heavy atom. The zero-order chi connectivity index (χ0) is 21.7. The Balaban J connectivity index is 2.35. The molecule has 2 rings (SSSR count). The van der Waals surface area contributed by atoms with E-state index < -0.39 is 5.97 Å². The van der Waals surface area contributed by atoms with Crippen LogP contribution in [0.1, 0.15) is 55.8 Å². The van der Waals surface area contributed by atoms with Gasteiger partial charge in [0.15, 0.2) is 5.78 Å². The molecule has 29 heavy (non-hydrogen) atoms. The van der Waals surface area contributed by atoms with Crippen LogP contribution in [0.2, 0.25) is 0 Å². The molecule has 1 aromatic carbocycles. The van der Waals surface area contributed by atoms with E-state index in [4.69, 9.17) is 9.47 Å². The third kappa shape index (κ3) is 4.50. The van der Waals surface area contributed by atoms with Crippen LogP contribution >= 0.6 is 0 Å². The van der Waals surface area contributed by atoms with Crippen molar-refractivity contribution in [3.05, 3.63) is 52.3 Å². The molecule has 0 fully saturated rings. The Bertz CT molecular complexity index is 930. The highest BCUT2D eigenvalue weighted by molar-refractivity contribution is 6.06. The molecular formula is C22H28N2O5. The quantitative estimate of drug-likeness (QED) is 0.502. The third-order valence-electron chi connectivity index (χ3n) is 5.02. The minimum Gasteiger partial charge on any atom is -0.497 e. The Morgan fingerprint density at radius 3 is 2.41 bits per heavy atom. The molecule has 7 nitrogen and oxygen atoms in total. The average Bonchev–Trinajstić information content (AvgIpc) is 2.94.